The van der Waals surface area contributed by atoms with E-state index in [0.29, 0.717) is 29.5 Å². The van der Waals surface area contributed by atoms with Gasteiger partial charge in [-0.05, 0) is 48.0 Å². The van der Waals surface area contributed by atoms with Crippen molar-refractivity contribution in [1.29, 1.82) is 0 Å². The Hall–Kier alpha value is -3.67. The molecule has 0 fully saturated rings. The third kappa shape index (κ3) is 3.52. The number of para-hydroxylation sites is 2. The first-order valence-electron chi connectivity index (χ1n) is 9.57. The smallest absolute Gasteiger partial charge is 0.161 e. The molecule has 0 aliphatic heterocycles. The summed E-state index contributed by atoms with van der Waals surface area (Å²) in [7, 11) is 6.54. The molecule has 0 atom stereocenters. The Morgan fingerprint density at radius 1 is 0.700 bits per heavy atom. The lowest BCUT2D eigenvalue weighted by Crippen LogP contribution is -2.03. The van der Waals surface area contributed by atoms with Gasteiger partial charge in [-0.3, -0.25) is 0 Å². The summed E-state index contributed by atoms with van der Waals surface area (Å²) in [5, 5.41) is 0. The molecule has 4 aromatic rings. The minimum absolute atomic E-state index is 0.630. The van der Waals surface area contributed by atoms with Crippen molar-refractivity contribution in [2.24, 2.45) is 0 Å². The van der Waals surface area contributed by atoms with Gasteiger partial charge < -0.3 is 23.5 Å². The summed E-state index contributed by atoms with van der Waals surface area (Å²) in [4.78, 5) is 4.90. The van der Waals surface area contributed by atoms with Crippen LogP contribution in [0.3, 0.4) is 0 Å². The second kappa shape index (κ2) is 8.37. The SMILES string of the molecule is COc1ccc(Cn2c(-c3ccc(OC)c(OC)c3)nc3ccccc32)cc1OC. The molecule has 0 bridgehead atoms. The molecule has 154 valence electrons. The van der Waals surface area contributed by atoms with Gasteiger partial charge in [-0.2, -0.15) is 0 Å². The molecule has 0 aliphatic rings. The van der Waals surface area contributed by atoms with Crippen LogP contribution in [0.5, 0.6) is 23.0 Å². The van der Waals surface area contributed by atoms with Gasteiger partial charge in [0.05, 0.1) is 39.5 Å². The molecular formula is C24H24N2O4. The van der Waals surface area contributed by atoms with Gasteiger partial charge in [-0.1, -0.05) is 18.2 Å². The van der Waals surface area contributed by atoms with Crippen molar-refractivity contribution in [2.75, 3.05) is 28.4 Å². The highest BCUT2D eigenvalue weighted by molar-refractivity contribution is 5.81. The summed E-state index contributed by atoms with van der Waals surface area (Å²) in [6.45, 7) is 0.630. The molecule has 30 heavy (non-hydrogen) atoms. The second-order valence-corrected chi connectivity index (χ2v) is 6.77. The zero-order valence-electron chi connectivity index (χ0n) is 17.5. The summed E-state index contributed by atoms with van der Waals surface area (Å²) in [5.74, 6) is 3.61. The third-order valence-corrected chi connectivity index (χ3v) is 5.08. The predicted molar refractivity (Wildman–Crippen MR) is 117 cm³/mol. The van der Waals surface area contributed by atoms with Crippen LogP contribution in [0.4, 0.5) is 0 Å². The molecule has 1 heterocycles. The summed E-state index contributed by atoms with van der Waals surface area (Å²) in [6.07, 6.45) is 0. The second-order valence-electron chi connectivity index (χ2n) is 6.77. The van der Waals surface area contributed by atoms with Crippen molar-refractivity contribution in [2.45, 2.75) is 6.54 Å². The van der Waals surface area contributed by atoms with Crippen LogP contribution in [0.2, 0.25) is 0 Å². The van der Waals surface area contributed by atoms with Crippen molar-refractivity contribution < 1.29 is 18.9 Å². The molecule has 0 N–H and O–H groups in total. The molecule has 0 aliphatic carbocycles. The number of fused-ring (bicyclic) bond motifs is 1. The van der Waals surface area contributed by atoms with E-state index in [1.54, 1.807) is 28.4 Å². The zero-order valence-corrected chi connectivity index (χ0v) is 17.5. The molecule has 4 rings (SSSR count). The topological polar surface area (TPSA) is 54.7 Å². The Balaban J connectivity index is 1.84. The fraction of sp³-hybridized carbons (Fsp3) is 0.208. The fourth-order valence-corrected chi connectivity index (χ4v) is 3.59. The first-order chi connectivity index (χ1) is 14.7. The van der Waals surface area contributed by atoms with Gasteiger partial charge in [-0.15, -0.1) is 0 Å². The summed E-state index contributed by atoms with van der Waals surface area (Å²) in [5.41, 5.74) is 4.02. The maximum Gasteiger partial charge on any atom is 0.161 e. The Morgan fingerprint density at radius 3 is 2.03 bits per heavy atom. The lowest BCUT2D eigenvalue weighted by Gasteiger charge is -2.14. The first kappa shape index (κ1) is 19.6. The van der Waals surface area contributed by atoms with Gasteiger partial charge in [0.1, 0.15) is 5.82 Å². The van der Waals surface area contributed by atoms with Crippen LogP contribution in [-0.2, 0) is 6.54 Å². The number of hydrogen-bond acceptors (Lipinski definition) is 5. The average molecular weight is 404 g/mol. The molecular weight excluding hydrogens is 380 g/mol. The van der Waals surface area contributed by atoms with E-state index in [9.17, 15) is 0 Å². The standard InChI is InChI=1S/C24H24N2O4/c1-27-20-11-9-16(13-22(20)29-3)15-26-19-8-6-5-7-18(19)25-24(26)17-10-12-21(28-2)23(14-17)30-4/h5-14H,15H2,1-4H3. The van der Waals surface area contributed by atoms with E-state index < -0.39 is 0 Å². The molecule has 0 spiro atoms. The van der Waals surface area contributed by atoms with Crippen molar-refractivity contribution in [3.63, 3.8) is 0 Å². The van der Waals surface area contributed by atoms with Crippen LogP contribution in [-0.4, -0.2) is 38.0 Å². The van der Waals surface area contributed by atoms with E-state index in [-0.39, 0.29) is 0 Å². The number of benzene rings is 3. The van der Waals surface area contributed by atoms with Crippen LogP contribution in [0.15, 0.2) is 60.7 Å². The number of hydrogen-bond donors (Lipinski definition) is 0. The summed E-state index contributed by atoms with van der Waals surface area (Å²) < 4.78 is 23.9. The Bertz CT molecular complexity index is 1180. The molecule has 0 unspecified atom stereocenters. The van der Waals surface area contributed by atoms with Gasteiger partial charge in [0.15, 0.2) is 23.0 Å². The largest absolute Gasteiger partial charge is 0.493 e. The first-order valence-corrected chi connectivity index (χ1v) is 9.57. The maximum atomic E-state index is 5.49. The maximum absolute atomic E-state index is 5.49. The lowest BCUT2D eigenvalue weighted by molar-refractivity contribution is 0.354. The summed E-state index contributed by atoms with van der Waals surface area (Å²) in [6, 6.07) is 19.9. The van der Waals surface area contributed by atoms with Crippen molar-refractivity contribution in [3.8, 4) is 34.4 Å². The van der Waals surface area contributed by atoms with E-state index in [1.807, 2.05) is 54.6 Å². The third-order valence-electron chi connectivity index (χ3n) is 5.08. The molecule has 0 saturated carbocycles. The van der Waals surface area contributed by atoms with E-state index in [2.05, 4.69) is 10.6 Å². The van der Waals surface area contributed by atoms with Crippen molar-refractivity contribution >= 4 is 11.0 Å². The molecule has 3 aromatic carbocycles. The van der Waals surface area contributed by atoms with Crippen LogP contribution in [0, 0.1) is 0 Å². The molecule has 0 saturated heterocycles. The van der Waals surface area contributed by atoms with E-state index in [4.69, 9.17) is 23.9 Å². The molecule has 6 nitrogen and oxygen atoms in total. The highest BCUT2D eigenvalue weighted by Gasteiger charge is 2.16. The number of aromatic nitrogens is 2. The normalized spacial score (nSPS) is 10.8. The lowest BCUT2D eigenvalue weighted by atomic mass is 10.1. The molecule has 0 radical (unpaired) electrons. The van der Waals surface area contributed by atoms with Crippen molar-refractivity contribution in [3.05, 3.63) is 66.2 Å². The number of imidazole rings is 1. The predicted octanol–water partition coefficient (Wildman–Crippen LogP) is 4.79. The Morgan fingerprint density at radius 2 is 1.33 bits per heavy atom. The number of rotatable bonds is 7. The van der Waals surface area contributed by atoms with E-state index in [0.717, 1.165) is 28.0 Å². The molecule has 1 aromatic heterocycles. The molecule has 6 heteroatoms. The zero-order chi connectivity index (χ0) is 21.1. The van der Waals surface area contributed by atoms with Gasteiger partial charge >= 0.3 is 0 Å². The van der Waals surface area contributed by atoms with Gasteiger partial charge in [0.2, 0.25) is 0 Å². The summed E-state index contributed by atoms with van der Waals surface area (Å²) >= 11 is 0. The highest BCUT2D eigenvalue weighted by atomic mass is 16.5. The van der Waals surface area contributed by atoms with Crippen LogP contribution < -0.4 is 18.9 Å². The van der Waals surface area contributed by atoms with Gasteiger partial charge in [0.25, 0.3) is 0 Å². The van der Waals surface area contributed by atoms with E-state index in [1.165, 1.54) is 0 Å². The quantitative estimate of drug-likeness (QED) is 0.443. The van der Waals surface area contributed by atoms with Crippen molar-refractivity contribution in [1.82, 2.24) is 9.55 Å². The minimum Gasteiger partial charge on any atom is -0.493 e. The fourth-order valence-electron chi connectivity index (χ4n) is 3.59. The highest BCUT2D eigenvalue weighted by Crippen LogP contribution is 2.34. The van der Waals surface area contributed by atoms with E-state index >= 15 is 0 Å². The molecule has 0 amide bonds. The van der Waals surface area contributed by atoms with Gasteiger partial charge in [0, 0.05) is 12.1 Å². The monoisotopic (exact) mass is 404 g/mol. The number of methoxy groups -OCH3 is 4. The Labute approximate surface area is 175 Å². The average Bonchev–Trinajstić information content (AvgIpc) is 3.16. The minimum atomic E-state index is 0.630. The van der Waals surface area contributed by atoms with Crippen LogP contribution in [0.25, 0.3) is 22.4 Å². The van der Waals surface area contributed by atoms with Crippen LogP contribution in [0.1, 0.15) is 5.56 Å². The van der Waals surface area contributed by atoms with Crippen LogP contribution >= 0.6 is 0 Å². The number of ether oxygens (including phenoxy) is 4. The van der Waals surface area contributed by atoms with Gasteiger partial charge in [-0.25, -0.2) is 4.98 Å². The number of nitrogens with zero attached hydrogens (tertiary/aromatic N) is 2. The Kier molecular flexibility index (Phi) is 5.48.